The van der Waals surface area contributed by atoms with Gasteiger partial charge >= 0.3 is 12.1 Å². The monoisotopic (exact) mass is 542 g/mol. The maximum atomic E-state index is 14.7. The fraction of sp³-hybridized carbons (Fsp3) is 0.280. The molecule has 1 aliphatic rings. The summed E-state index contributed by atoms with van der Waals surface area (Å²) in [5.74, 6) is -1.03. The second kappa shape index (κ2) is 12.9. The number of non-ortho nitro benzene ring substituents is 1. The summed E-state index contributed by atoms with van der Waals surface area (Å²) >= 11 is 0. The standard InChI is InChI=1S/C25H24FN4O7P/c1-35-14-19-22(20(31)5-3-4-12-27)23(15-6-11-21(38)18(26)13-15)29(24(28-19)36-2)25(32)37-17-9-7-16(8-10-17)30(33)34/h6-11,13,23H,3-5,14,38H2,1-2H3. The Labute approximate surface area is 219 Å². The molecule has 1 amide bonds. The summed E-state index contributed by atoms with van der Waals surface area (Å²) in [6.45, 7) is -0.113. The van der Waals surface area contributed by atoms with Gasteiger partial charge in [-0.25, -0.2) is 14.1 Å². The second-order valence-corrected chi connectivity index (χ2v) is 8.62. The molecule has 1 aliphatic heterocycles. The van der Waals surface area contributed by atoms with Crippen LogP contribution in [0.3, 0.4) is 0 Å². The molecular formula is C25H24FN4O7P. The minimum Gasteiger partial charge on any atom is -0.468 e. The second-order valence-electron chi connectivity index (χ2n) is 8.00. The molecule has 2 aromatic carbocycles. The Hall–Kier alpha value is -4.20. The summed E-state index contributed by atoms with van der Waals surface area (Å²) < 4.78 is 30.7. The molecule has 13 heteroatoms. The van der Waals surface area contributed by atoms with Gasteiger partial charge in [0.15, 0.2) is 5.78 Å². The number of amidine groups is 1. The fourth-order valence-corrected chi connectivity index (χ4v) is 3.97. The van der Waals surface area contributed by atoms with Crippen molar-refractivity contribution in [3.8, 4) is 11.8 Å². The number of carbonyl (C=O) groups is 2. The maximum absolute atomic E-state index is 14.7. The van der Waals surface area contributed by atoms with Crippen LogP contribution in [0.2, 0.25) is 0 Å². The summed E-state index contributed by atoms with van der Waals surface area (Å²) in [7, 11) is 4.92. The molecule has 0 N–H and O–H groups in total. The summed E-state index contributed by atoms with van der Waals surface area (Å²) in [4.78, 5) is 42.6. The minimum atomic E-state index is -1.21. The van der Waals surface area contributed by atoms with Gasteiger partial charge in [0.05, 0.1) is 30.4 Å². The average Bonchev–Trinajstić information content (AvgIpc) is 2.90. The predicted molar refractivity (Wildman–Crippen MR) is 137 cm³/mol. The highest BCUT2D eigenvalue weighted by Gasteiger charge is 2.42. The van der Waals surface area contributed by atoms with Crippen LogP contribution < -0.4 is 10.0 Å². The normalized spacial score (nSPS) is 15.0. The Balaban J connectivity index is 2.14. The van der Waals surface area contributed by atoms with Crippen molar-refractivity contribution in [1.29, 1.82) is 5.26 Å². The topological polar surface area (TPSA) is 144 Å². The van der Waals surface area contributed by atoms with Crippen LogP contribution in [-0.2, 0) is 14.3 Å². The van der Waals surface area contributed by atoms with Crippen LogP contribution >= 0.6 is 9.24 Å². The number of methoxy groups -OCH3 is 2. The Morgan fingerprint density at radius 3 is 2.53 bits per heavy atom. The molecule has 2 unspecified atom stereocenters. The number of rotatable bonds is 9. The van der Waals surface area contributed by atoms with E-state index in [0.29, 0.717) is 0 Å². The van der Waals surface area contributed by atoms with Crippen LogP contribution in [0.1, 0.15) is 30.9 Å². The first kappa shape index (κ1) is 28.4. The zero-order valence-corrected chi connectivity index (χ0v) is 21.7. The van der Waals surface area contributed by atoms with Gasteiger partial charge in [0.2, 0.25) is 0 Å². The Bertz CT molecular complexity index is 1340. The third kappa shape index (κ3) is 6.37. The zero-order valence-electron chi connectivity index (χ0n) is 20.5. The Kier molecular flexibility index (Phi) is 9.60. The third-order valence-corrected chi connectivity index (χ3v) is 5.99. The number of carbonyl (C=O) groups excluding carboxylic acids is 2. The number of amides is 1. The number of halogens is 1. The Morgan fingerprint density at radius 2 is 1.95 bits per heavy atom. The molecule has 2 aromatic rings. The lowest BCUT2D eigenvalue weighted by molar-refractivity contribution is -0.384. The predicted octanol–water partition coefficient (Wildman–Crippen LogP) is 3.96. The minimum absolute atomic E-state index is 0.0187. The molecule has 2 atom stereocenters. The van der Waals surface area contributed by atoms with E-state index in [1.165, 1.54) is 38.5 Å². The third-order valence-electron chi connectivity index (χ3n) is 5.53. The van der Waals surface area contributed by atoms with E-state index in [-0.39, 0.29) is 65.5 Å². The van der Waals surface area contributed by atoms with Crippen LogP contribution in [0.15, 0.2) is 58.7 Å². The van der Waals surface area contributed by atoms with E-state index in [9.17, 15) is 24.1 Å². The van der Waals surface area contributed by atoms with E-state index in [1.807, 2.05) is 6.07 Å². The molecule has 3 rings (SSSR count). The van der Waals surface area contributed by atoms with Gasteiger partial charge in [0.25, 0.3) is 5.69 Å². The van der Waals surface area contributed by atoms with E-state index in [0.717, 1.165) is 17.0 Å². The smallest absolute Gasteiger partial charge is 0.424 e. The van der Waals surface area contributed by atoms with Crippen LogP contribution in [-0.4, -0.2) is 48.5 Å². The van der Waals surface area contributed by atoms with Crippen molar-refractivity contribution >= 4 is 38.1 Å². The maximum Gasteiger partial charge on any atom is 0.424 e. The molecule has 0 aliphatic carbocycles. The van der Waals surface area contributed by atoms with Gasteiger partial charge < -0.3 is 14.2 Å². The van der Waals surface area contributed by atoms with Gasteiger partial charge in [0, 0.05) is 43.0 Å². The van der Waals surface area contributed by atoms with E-state index in [2.05, 4.69) is 14.2 Å². The van der Waals surface area contributed by atoms with E-state index >= 15 is 0 Å². The van der Waals surface area contributed by atoms with Crippen LogP contribution in [0.5, 0.6) is 5.75 Å². The van der Waals surface area contributed by atoms with Crippen molar-refractivity contribution in [2.75, 3.05) is 20.8 Å². The molecule has 0 bridgehead atoms. The van der Waals surface area contributed by atoms with Crippen LogP contribution in [0, 0.1) is 27.3 Å². The summed E-state index contributed by atoms with van der Waals surface area (Å²) in [5.41, 5.74) is 0.259. The SMILES string of the molecule is COCC1=C(C(=O)CCCC#N)C(c2ccc(P)c(F)c2)N(C(=O)Oc2ccc([N+](=O)[O-])cc2)C(OC)=N1. The first-order valence-electron chi connectivity index (χ1n) is 11.3. The van der Waals surface area contributed by atoms with Crippen LogP contribution in [0.25, 0.3) is 0 Å². The van der Waals surface area contributed by atoms with Gasteiger partial charge in [-0.3, -0.25) is 14.9 Å². The van der Waals surface area contributed by atoms with Gasteiger partial charge in [0.1, 0.15) is 17.6 Å². The van der Waals surface area contributed by atoms with Gasteiger partial charge in [-0.1, -0.05) is 12.1 Å². The number of aliphatic imine (C=N–C) groups is 1. The van der Waals surface area contributed by atoms with Crippen molar-refractivity contribution in [3.05, 3.63) is 75.2 Å². The number of hydrogen-bond acceptors (Lipinski definition) is 9. The number of hydrogen-bond donors (Lipinski definition) is 0. The highest BCUT2D eigenvalue weighted by atomic mass is 31.0. The summed E-state index contributed by atoms with van der Waals surface area (Å²) in [6, 6.07) is 9.54. The van der Waals surface area contributed by atoms with Gasteiger partial charge in [-0.2, -0.15) is 10.3 Å². The number of benzene rings is 2. The number of unbranched alkanes of at least 4 members (excludes halogenated alkanes) is 1. The molecule has 11 nitrogen and oxygen atoms in total. The summed E-state index contributed by atoms with van der Waals surface area (Å²) in [6.07, 6.45) is -0.657. The first-order valence-corrected chi connectivity index (χ1v) is 11.8. The quantitative estimate of drug-likeness (QED) is 0.200. The molecule has 1 heterocycles. The molecule has 0 radical (unpaired) electrons. The molecule has 0 saturated heterocycles. The highest BCUT2D eigenvalue weighted by Crippen LogP contribution is 2.38. The van der Waals surface area contributed by atoms with E-state index in [1.54, 1.807) is 6.07 Å². The number of ketones is 1. The lowest BCUT2D eigenvalue weighted by atomic mass is 9.89. The number of nitrogens with zero attached hydrogens (tertiary/aromatic N) is 4. The molecule has 0 aromatic heterocycles. The molecular weight excluding hydrogens is 518 g/mol. The summed E-state index contributed by atoms with van der Waals surface area (Å²) in [5, 5.41) is 20.1. The van der Waals surface area contributed by atoms with Gasteiger partial charge in [-0.05, 0) is 30.2 Å². The molecule has 0 saturated carbocycles. The van der Waals surface area contributed by atoms with E-state index in [4.69, 9.17) is 19.5 Å². The number of nitro groups is 1. The number of ether oxygens (including phenoxy) is 3. The average molecular weight is 542 g/mol. The number of nitriles is 1. The van der Waals surface area contributed by atoms with Crippen molar-refractivity contribution in [2.24, 2.45) is 4.99 Å². The Morgan fingerprint density at radius 1 is 1.24 bits per heavy atom. The van der Waals surface area contributed by atoms with Crippen molar-refractivity contribution in [3.63, 3.8) is 0 Å². The first-order chi connectivity index (χ1) is 18.2. The molecule has 0 spiro atoms. The van der Waals surface area contributed by atoms with Crippen molar-refractivity contribution < 1.29 is 33.1 Å². The zero-order chi connectivity index (χ0) is 27.8. The van der Waals surface area contributed by atoms with Crippen molar-refractivity contribution in [2.45, 2.75) is 25.3 Å². The molecule has 38 heavy (non-hydrogen) atoms. The molecule has 198 valence electrons. The van der Waals surface area contributed by atoms with Crippen molar-refractivity contribution in [1.82, 2.24) is 4.90 Å². The van der Waals surface area contributed by atoms with Crippen LogP contribution in [0.4, 0.5) is 14.9 Å². The van der Waals surface area contributed by atoms with Gasteiger partial charge in [-0.15, -0.1) is 9.24 Å². The van der Waals surface area contributed by atoms with E-state index < -0.39 is 28.7 Å². The fourth-order valence-electron chi connectivity index (χ4n) is 3.79. The molecule has 0 fully saturated rings. The number of Topliss-reactive ketones (excluding diaryl/α,β-unsaturated/α-hetero) is 1. The largest absolute Gasteiger partial charge is 0.468 e. The number of nitro benzene ring substituents is 1. The highest BCUT2D eigenvalue weighted by molar-refractivity contribution is 7.27. The lowest BCUT2D eigenvalue weighted by Gasteiger charge is -2.35. The lowest BCUT2D eigenvalue weighted by Crippen LogP contribution is -2.47.